The molecule has 7 rings (SSSR count). The number of carbonyl (C=O) groups is 2. The maximum atomic E-state index is 13.6. The lowest BCUT2D eigenvalue weighted by atomic mass is 9.75. The molecule has 4 aliphatic carbocycles. The Morgan fingerprint density at radius 2 is 1.81 bits per heavy atom. The van der Waals surface area contributed by atoms with E-state index in [1.165, 1.54) is 19.3 Å². The predicted molar refractivity (Wildman–Crippen MR) is 118 cm³/mol. The highest BCUT2D eigenvalue weighted by atomic mass is 32.1. The van der Waals surface area contributed by atoms with E-state index in [1.54, 1.807) is 11.3 Å². The standard InChI is InChI=1S/C24H32N2O4S/c27-21(25-12-14-1-4-29-5-2-14)20-18-3-6-30-13-19(18)31-22(20)26-23(28)24-10-15-7-16(11-24)9-17(24)8-15/h14-17H,1-13H2,(H,25,27)(H,26,28). The molecule has 1 aromatic heterocycles. The van der Waals surface area contributed by atoms with Crippen molar-refractivity contribution in [1.29, 1.82) is 0 Å². The molecule has 2 N–H and O–H groups in total. The van der Waals surface area contributed by atoms with Crippen molar-refractivity contribution in [3.8, 4) is 0 Å². The summed E-state index contributed by atoms with van der Waals surface area (Å²) >= 11 is 1.54. The van der Waals surface area contributed by atoms with E-state index >= 15 is 0 Å². The van der Waals surface area contributed by atoms with Gasteiger partial charge in [-0.25, -0.2) is 0 Å². The third-order valence-corrected chi connectivity index (χ3v) is 9.73. The molecule has 6 aliphatic rings. The number of amides is 2. The van der Waals surface area contributed by atoms with Crippen molar-refractivity contribution < 1.29 is 19.1 Å². The molecular formula is C24H32N2O4S. The number of thiophene rings is 1. The van der Waals surface area contributed by atoms with E-state index in [0.717, 1.165) is 72.6 Å². The number of anilines is 1. The van der Waals surface area contributed by atoms with Crippen molar-refractivity contribution >= 4 is 28.2 Å². The fraction of sp³-hybridized carbons (Fsp3) is 0.750. The molecule has 4 saturated carbocycles. The van der Waals surface area contributed by atoms with Crippen LogP contribution < -0.4 is 10.6 Å². The van der Waals surface area contributed by atoms with Crippen LogP contribution in [-0.2, 0) is 27.3 Å². The van der Waals surface area contributed by atoms with E-state index in [4.69, 9.17) is 9.47 Å². The fourth-order valence-corrected chi connectivity index (χ4v) is 8.41. The topological polar surface area (TPSA) is 76.7 Å². The average molecular weight is 445 g/mol. The van der Waals surface area contributed by atoms with Gasteiger partial charge in [-0.1, -0.05) is 0 Å². The van der Waals surface area contributed by atoms with Crippen molar-refractivity contribution in [2.75, 3.05) is 31.7 Å². The number of ether oxygens (including phenoxy) is 2. The smallest absolute Gasteiger partial charge is 0.254 e. The SMILES string of the molecule is O=C(NCC1CCOCC1)c1c(NC(=O)C23CC4CC(CC2C4)C3)sc2c1CCOC2. The van der Waals surface area contributed by atoms with Crippen molar-refractivity contribution in [1.82, 2.24) is 5.32 Å². The van der Waals surface area contributed by atoms with Crippen LogP contribution in [-0.4, -0.2) is 38.2 Å². The third-order valence-electron chi connectivity index (χ3n) is 8.61. The molecule has 6 nitrogen and oxygen atoms in total. The van der Waals surface area contributed by atoms with E-state index in [1.807, 2.05) is 0 Å². The van der Waals surface area contributed by atoms with Crippen molar-refractivity contribution in [3.05, 3.63) is 16.0 Å². The highest BCUT2D eigenvalue weighted by Gasteiger charge is 2.61. The van der Waals surface area contributed by atoms with E-state index < -0.39 is 0 Å². The van der Waals surface area contributed by atoms with Gasteiger partial charge in [-0.3, -0.25) is 9.59 Å². The molecule has 0 spiro atoms. The molecule has 2 unspecified atom stereocenters. The van der Waals surface area contributed by atoms with E-state index in [9.17, 15) is 9.59 Å². The van der Waals surface area contributed by atoms with Gasteiger partial charge in [-0.2, -0.15) is 0 Å². The molecule has 0 aromatic carbocycles. The van der Waals surface area contributed by atoms with Crippen LogP contribution in [0.25, 0.3) is 0 Å². The van der Waals surface area contributed by atoms with Crippen LogP contribution >= 0.6 is 11.3 Å². The van der Waals surface area contributed by atoms with Gasteiger partial charge >= 0.3 is 0 Å². The summed E-state index contributed by atoms with van der Waals surface area (Å²) in [5.41, 5.74) is 1.58. The summed E-state index contributed by atoms with van der Waals surface area (Å²) in [7, 11) is 0. The molecule has 5 fully saturated rings. The normalized spacial score (nSPS) is 34.0. The van der Waals surface area contributed by atoms with Crippen LogP contribution in [0.4, 0.5) is 5.00 Å². The first-order valence-corrected chi connectivity index (χ1v) is 12.8. The molecule has 4 bridgehead atoms. The van der Waals surface area contributed by atoms with Gasteiger partial charge in [0.15, 0.2) is 0 Å². The minimum Gasteiger partial charge on any atom is -0.381 e. The van der Waals surface area contributed by atoms with Gasteiger partial charge in [0.2, 0.25) is 5.91 Å². The Kier molecular flexibility index (Phi) is 5.11. The maximum Gasteiger partial charge on any atom is 0.254 e. The van der Waals surface area contributed by atoms with Crippen LogP contribution in [0.15, 0.2) is 0 Å². The molecule has 2 atom stereocenters. The predicted octanol–water partition coefficient (Wildman–Crippen LogP) is 3.74. The zero-order valence-electron chi connectivity index (χ0n) is 18.0. The number of rotatable bonds is 5. The second-order valence-corrected chi connectivity index (χ2v) is 11.5. The molecule has 0 radical (unpaired) electrons. The molecule has 31 heavy (non-hydrogen) atoms. The summed E-state index contributed by atoms with van der Waals surface area (Å²) in [5.74, 6) is 2.60. The van der Waals surface area contributed by atoms with Crippen LogP contribution in [0.5, 0.6) is 0 Å². The summed E-state index contributed by atoms with van der Waals surface area (Å²) in [4.78, 5) is 28.0. The minimum absolute atomic E-state index is 0.0454. The first-order chi connectivity index (χ1) is 15.1. The van der Waals surface area contributed by atoms with Crippen LogP contribution in [0.1, 0.15) is 65.7 Å². The van der Waals surface area contributed by atoms with Crippen molar-refractivity contribution in [2.24, 2.45) is 29.1 Å². The fourth-order valence-electron chi connectivity index (χ4n) is 7.23. The minimum atomic E-state index is -0.190. The van der Waals surface area contributed by atoms with Crippen LogP contribution in [0, 0.1) is 29.1 Å². The van der Waals surface area contributed by atoms with Gasteiger partial charge in [0.05, 0.1) is 24.2 Å². The molecule has 3 heterocycles. The highest BCUT2D eigenvalue weighted by molar-refractivity contribution is 7.17. The van der Waals surface area contributed by atoms with E-state index in [0.29, 0.717) is 37.2 Å². The largest absolute Gasteiger partial charge is 0.381 e. The lowest BCUT2D eigenvalue weighted by Gasteiger charge is -2.31. The first-order valence-electron chi connectivity index (χ1n) is 12.0. The summed E-state index contributed by atoms with van der Waals surface area (Å²) < 4.78 is 11.1. The van der Waals surface area contributed by atoms with Crippen molar-refractivity contribution in [2.45, 2.75) is 58.0 Å². The zero-order valence-corrected chi connectivity index (χ0v) is 18.9. The van der Waals surface area contributed by atoms with Gasteiger partial charge in [0.1, 0.15) is 5.00 Å². The number of hydrogen-bond donors (Lipinski definition) is 2. The Morgan fingerprint density at radius 1 is 1.03 bits per heavy atom. The number of carbonyl (C=O) groups excluding carboxylic acids is 2. The molecule has 168 valence electrons. The number of fused-ring (bicyclic) bond motifs is 1. The van der Waals surface area contributed by atoms with Crippen LogP contribution in [0.3, 0.4) is 0 Å². The first kappa shape index (κ1) is 20.2. The summed E-state index contributed by atoms with van der Waals surface area (Å²) in [6, 6.07) is 0. The molecule has 7 heteroatoms. The Labute approximate surface area is 187 Å². The molecule has 1 aromatic rings. The van der Waals surface area contributed by atoms with Gasteiger partial charge in [-0.15, -0.1) is 11.3 Å². The maximum absolute atomic E-state index is 13.6. The molecular weight excluding hydrogens is 412 g/mol. The van der Waals surface area contributed by atoms with E-state index in [-0.39, 0.29) is 17.2 Å². The summed E-state index contributed by atoms with van der Waals surface area (Å²) in [6.45, 7) is 3.39. The summed E-state index contributed by atoms with van der Waals surface area (Å²) in [5, 5.41) is 7.18. The molecule has 2 aliphatic heterocycles. The average Bonchev–Trinajstić information content (AvgIpc) is 3.36. The van der Waals surface area contributed by atoms with Gasteiger partial charge in [0, 0.05) is 24.6 Å². The van der Waals surface area contributed by atoms with Gasteiger partial charge in [-0.05, 0) is 80.6 Å². The lowest BCUT2D eigenvalue weighted by molar-refractivity contribution is -0.127. The quantitative estimate of drug-likeness (QED) is 0.725. The number of hydrogen-bond acceptors (Lipinski definition) is 5. The second-order valence-electron chi connectivity index (χ2n) is 10.4. The monoisotopic (exact) mass is 444 g/mol. The molecule has 1 saturated heterocycles. The summed E-state index contributed by atoms with van der Waals surface area (Å²) in [6.07, 6.45) is 8.56. The zero-order chi connectivity index (χ0) is 21.0. The lowest BCUT2D eigenvalue weighted by Crippen LogP contribution is -2.38. The Morgan fingerprint density at radius 3 is 2.58 bits per heavy atom. The van der Waals surface area contributed by atoms with Crippen LogP contribution in [0.2, 0.25) is 0 Å². The van der Waals surface area contributed by atoms with Crippen molar-refractivity contribution in [3.63, 3.8) is 0 Å². The number of nitrogens with one attached hydrogen (secondary N) is 2. The highest BCUT2D eigenvalue weighted by Crippen LogP contribution is 2.65. The van der Waals surface area contributed by atoms with Gasteiger partial charge in [0.25, 0.3) is 5.91 Å². The second kappa shape index (κ2) is 7.85. The Balaban J connectivity index is 1.23. The Hall–Kier alpha value is -1.44. The van der Waals surface area contributed by atoms with E-state index in [2.05, 4.69) is 10.6 Å². The van der Waals surface area contributed by atoms with Gasteiger partial charge < -0.3 is 20.1 Å². The third kappa shape index (κ3) is 3.44. The Bertz CT molecular complexity index is 876. The molecule has 2 amide bonds.